The predicted octanol–water partition coefficient (Wildman–Crippen LogP) is 2.93. The third-order valence-electron chi connectivity index (χ3n) is 4.42. The van der Waals surface area contributed by atoms with Crippen molar-refractivity contribution in [2.75, 3.05) is 6.61 Å². The van der Waals surface area contributed by atoms with Gasteiger partial charge in [-0.3, -0.25) is 10.1 Å². The van der Waals surface area contributed by atoms with Gasteiger partial charge in [-0.1, -0.05) is 30.4 Å². The van der Waals surface area contributed by atoms with Crippen LogP contribution in [0.25, 0.3) is 0 Å². The second kappa shape index (κ2) is 5.76. The number of benzene rings is 1. The van der Waals surface area contributed by atoms with Crippen LogP contribution in [-0.4, -0.2) is 28.3 Å². The maximum absolute atomic E-state index is 12.5. The van der Waals surface area contributed by atoms with Crippen molar-refractivity contribution in [3.05, 3.63) is 52.6 Å². The number of carbonyl (C=O) groups is 1. The molecule has 3 rings (SSSR count). The van der Waals surface area contributed by atoms with Gasteiger partial charge >= 0.3 is 11.5 Å². The molecule has 2 aliphatic rings. The molecule has 0 aromatic heterocycles. The van der Waals surface area contributed by atoms with Crippen molar-refractivity contribution >= 4 is 17.7 Å². The van der Waals surface area contributed by atoms with Crippen molar-refractivity contribution in [1.29, 1.82) is 0 Å². The summed E-state index contributed by atoms with van der Waals surface area (Å²) in [4.78, 5) is 24.9. The lowest BCUT2D eigenvalue weighted by Gasteiger charge is -2.31. The smallest absolute Gasteiger partial charge is 0.386 e. The van der Waals surface area contributed by atoms with E-state index in [1.54, 1.807) is 6.92 Å². The van der Waals surface area contributed by atoms with Gasteiger partial charge < -0.3 is 4.74 Å². The van der Waals surface area contributed by atoms with E-state index in [0.717, 1.165) is 4.90 Å². The van der Waals surface area contributed by atoms with E-state index in [9.17, 15) is 14.9 Å². The quantitative estimate of drug-likeness (QED) is 0.361. The molecule has 0 aliphatic heterocycles. The van der Waals surface area contributed by atoms with E-state index >= 15 is 0 Å². The number of nitro groups is 1. The number of nitrogens with zero attached hydrogens (tertiary/aromatic N) is 1. The summed E-state index contributed by atoms with van der Waals surface area (Å²) in [5, 5.41) is 11.5. The molecule has 0 amide bonds. The molecular formula is C16H17NO4S. The molecule has 2 aliphatic carbocycles. The van der Waals surface area contributed by atoms with Crippen molar-refractivity contribution in [3.63, 3.8) is 0 Å². The minimum atomic E-state index is -1.67. The Balaban J connectivity index is 2.00. The van der Waals surface area contributed by atoms with Gasteiger partial charge in [0.05, 0.1) is 17.8 Å². The molecule has 0 heterocycles. The minimum Gasteiger partial charge on any atom is -0.461 e. The summed E-state index contributed by atoms with van der Waals surface area (Å²) in [6.07, 6.45) is 4.46. The third kappa shape index (κ3) is 2.13. The highest BCUT2D eigenvalue weighted by Crippen LogP contribution is 2.55. The number of carbonyl (C=O) groups excluding carboxylic acids is 1. The van der Waals surface area contributed by atoms with Crippen LogP contribution in [0.4, 0.5) is 0 Å². The fourth-order valence-corrected chi connectivity index (χ4v) is 4.99. The van der Waals surface area contributed by atoms with Crippen LogP contribution in [0, 0.1) is 22.0 Å². The SMILES string of the molecule is CCOC(=O)[C@@]1([N+](=O)[O-])[C@H](Sc2ccccc2)[C@@H]2C=C[C@H]1C2. The minimum absolute atomic E-state index is 0.0324. The number of hydrogen-bond acceptors (Lipinski definition) is 5. The molecule has 1 fully saturated rings. The third-order valence-corrected chi connectivity index (χ3v) is 5.92. The molecule has 0 unspecified atom stereocenters. The van der Waals surface area contributed by atoms with E-state index in [-0.39, 0.29) is 18.4 Å². The van der Waals surface area contributed by atoms with Crippen LogP contribution in [0.1, 0.15) is 13.3 Å². The molecular weight excluding hydrogens is 302 g/mol. The van der Waals surface area contributed by atoms with Gasteiger partial charge in [0.25, 0.3) is 0 Å². The molecule has 2 bridgehead atoms. The van der Waals surface area contributed by atoms with Gasteiger partial charge in [0.2, 0.25) is 0 Å². The summed E-state index contributed by atoms with van der Waals surface area (Å²) in [6, 6.07) is 9.51. The van der Waals surface area contributed by atoms with Crippen LogP contribution in [0.5, 0.6) is 0 Å². The van der Waals surface area contributed by atoms with Crippen molar-refractivity contribution < 1.29 is 14.5 Å². The van der Waals surface area contributed by atoms with Crippen LogP contribution in [-0.2, 0) is 9.53 Å². The number of ether oxygens (including phenoxy) is 1. The number of esters is 1. The van der Waals surface area contributed by atoms with Crippen molar-refractivity contribution in [1.82, 2.24) is 0 Å². The van der Waals surface area contributed by atoms with Gasteiger partial charge in [0, 0.05) is 9.82 Å². The molecule has 5 nitrogen and oxygen atoms in total. The maximum Gasteiger partial charge on any atom is 0.386 e. The highest BCUT2D eigenvalue weighted by atomic mass is 32.2. The molecule has 0 radical (unpaired) electrons. The Morgan fingerprint density at radius 2 is 2.14 bits per heavy atom. The van der Waals surface area contributed by atoms with E-state index in [4.69, 9.17) is 4.74 Å². The summed E-state index contributed by atoms with van der Waals surface area (Å²) in [7, 11) is 0. The molecule has 0 N–H and O–H groups in total. The first-order valence-electron chi connectivity index (χ1n) is 7.32. The number of rotatable bonds is 5. The van der Waals surface area contributed by atoms with E-state index < -0.39 is 21.7 Å². The summed E-state index contributed by atoms with van der Waals surface area (Å²) < 4.78 is 5.08. The molecule has 22 heavy (non-hydrogen) atoms. The summed E-state index contributed by atoms with van der Waals surface area (Å²) in [6.45, 7) is 1.83. The zero-order valence-corrected chi connectivity index (χ0v) is 13.0. The van der Waals surface area contributed by atoms with Crippen LogP contribution >= 0.6 is 11.8 Å². The van der Waals surface area contributed by atoms with E-state index in [1.165, 1.54) is 11.8 Å². The lowest BCUT2D eigenvalue weighted by Crippen LogP contribution is -2.58. The number of fused-ring (bicyclic) bond motifs is 2. The number of thioether (sulfide) groups is 1. The average molecular weight is 319 g/mol. The molecule has 1 aromatic rings. The van der Waals surface area contributed by atoms with Crippen LogP contribution < -0.4 is 0 Å². The summed E-state index contributed by atoms with van der Waals surface area (Å²) >= 11 is 1.41. The zero-order chi connectivity index (χ0) is 15.7. The van der Waals surface area contributed by atoms with Gasteiger partial charge in [0.1, 0.15) is 0 Å². The fraction of sp³-hybridized carbons (Fsp3) is 0.438. The highest BCUT2D eigenvalue weighted by Gasteiger charge is 2.71. The molecule has 0 spiro atoms. The average Bonchev–Trinajstić information content (AvgIpc) is 3.08. The Kier molecular flexibility index (Phi) is 3.95. The Hall–Kier alpha value is -1.82. The second-order valence-electron chi connectivity index (χ2n) is 5.55. The lowest BCUT2D eigenvalue weighted by molar-refractivity contribution is -0.559. The molecule has 0 saturated heterocycles. The Labute approximate surface area is 132 Å². The first-order valence-corrected chi connectivity index (χ1v) is 8.20. The molecule has 116 valence electrons. The van der Waals surface area contributed by atoms with E-state index in [1.807, 2.05) is 42.5 Å². The molecule has 4 atom stereocenters. The first kappa shape index (κ1) is 15.1. The summed E-state index contributed by atoms with van der Waals surface area (Å²) in [5.41, 5.74) is -1.67. The Morgan fingerprint density at radius 3 is 2.77 bits per heavy atom. The van der Waals surface area contributed by atoms with Gasteiger partial charge in [-0.15, -0.1) is 11.8 Å². The largest absolute Gasteiger partial charge is 0.461 e. The van der Waals surface area contributed by atoms with Gasteiger partial charge in [-0.2, -0.15) is 0 Å². The van der Waals surface area contributed by atoms with Crippen LogP contribution in [0.15, 0.2) is 47.4 Å². The predicted molar refractivity (Wildman–Crippen MR) is 83.2 cm³/mol. The van der Waals surface area contributed by atoms with E-state index in [0.29, 0.717) is 6.42 Å². The Morgan fingerprint density at radius 1 is 1.41 bits per heavy atom. The highest BCUT2D eigenvalue weighted by molar-refractivity contribution is 8.00. The lowest BCUT2D eigenvalue weighted by atomic mass is 9.84. The zero-order valence-electron chi connectivity index (χ0n) is 12.2. The molecule has 1 aromatic carbocycles. The van der Waals surface area contributed by atoms with Crippen LogP contribution in [0.2, 0.25) is 0 Å². The standard InChI is InChI=1S/C16H17NO4S/c1-2-21-15(18)16(17(19)20)12-9-8-11(10-12)14(16)22-13-6-4-3-5-7-13/h3-9,11-12,14H,2,10H2,1H3/t11-,12+,14-,16+/m1/s1. The van der Waals surface area contributed by atoms with Crippen LogP contribution in [0.3, 0.4) is 0 Å². The normalized spacial score (nSPS) is 32.1. The number of allylic oxidation sites excluding steroid dienone is 1. The Bertz CT molecular complexity index is 618. The second-order valence-corrected chi connectivity index (χ2v) is 6.76. The maximum atomic E-state index is 12.5. The first-order chi connectivity index (χ1) is 10.6. The topological polar surface area (TPSA) is 69.4 Å². The monoisotopic (exact) mass is 319 g/mol. The molecule has 6 heteroatoms. The van der Waals surface area contributed by atoms with Gasteiger partial charge in [-0.05, 0) is 31.4 Å². The van der Waals surface area contributed by atoms with Crippen molar-refractivity contribution in [2.24, 2.45) is 11.8 Å². The number of hydrogen-bond donors (Lipinski definition) is 0. The van der Waals surface area contributed by atoms with Gasteiger partial charge in [-0.25, -0.2) is 4.79 Å². The summed E-state index contributed by atoms with van der Waals surface area (Å²) in [5.74, 6) is -1.05. The fourth-order valence-electron chi connectivity index (χ4n) is 3.47. The van der Waals surface area contributed by atoms with Crippen molar-refractivity contribution in [3.8, 4) is 0 Å². The van der Waals surface area contributed by atoms with Crippen molar-refractivity contribution in [2.45, 2.75) is 29.0 Å². The van der Waals surface area contributed by atoms with E-state index in [2.05, 4.69) is 0 Å². The van der Waals surface area contributed by atoms with Gasteiger partial charge in [0.15, 0.2) is 0 Å². The molecule has 1 saturated carbocycles.